The highest BCUT2D eigenvalue weighted by atomic mass is 15.6. The molecule has 0 amide bonds. The second kappa shape index (κ2) is 3.83. The third-order valence-electron chi connectivity index (χ3n) is 2.42. The molecule has 5 heteroatoms. The number of aryl methyl sites for hydroxylation is 1. The van der Waals surface area contributed by atoms with Gasteiger partial charge in [-0.15, -0.1) is 10.2 Å². The van der Waals surface area contributed by atoms with E-state index >= 15 is 0 Å². The Morgan fingerprint density at radius 2 is 2.54 bits per heavy atom. The molecule has 0 aliphatic carbocycles. The molecule has 1 saturated heterocycles. The Balaban J connectivity index is 1.89. The fraction of sp³-hybridized carbons (Fsp3) is 0.875. The van der Waals surface area contributed by atoms with Gasteiger partial charge in [0.05, 0.1) is 7.05 Å². The van der Waals surface area contributed by atoms with Gasteiger partial charge in [0.1, 0.15) is 0 Å². The van der Waals surface area contributed by atoms with Crippen LogP contribution in [0.25, 0.3) is 0 Å². The Bertz CT molecular complexity index is 263. The minimum atomic E-state index is 0.693. The zero-order chi connectivity index (χ0) is 9.10. The number of rotatable bonds is 2. The molecule has 1 fully saturated rings. The number of nitrogens with zero attached hydrogens (tertiary/aromatic N) is 4. The van der Waals surface area contributed by atoms with Gasteiger partial charge in [0.25, 0.3) is 0 Å². The van der Waals surface area contributed by atoms with Crippen LogP contribution in [0.1, 0.15) is 18.7 Å². The van der Waals surface area contributed by atoms with Crippen LogP contribution in [0.2, 0.25) is 0 Å². The molecule has 1 aliphatic heterocycles. The van der Waals surface area contributed by atoms with Crippen molar-refractivity contribution in [1.29, 1.82) is 0 Å². The monoisotopic (exact) mass is 181 g/mol. The van der Waals surface area contributed by atoms with Gasteiger partial charge >= 0.3 is 0 Å². The summed E-state index contributed by atoms with van der Waals surface area (Å²) in [6, 6.07) is 0. The molecule has 5 nitrogen and oxygen atoms in total. The molecule has 72 valence electrons. The lowest BCUT2D eigenvalue weighted by molar-refractivity contribution is 0.370. The normalized spacial score (nSPS) is 23.3. The summed E-state index contributed by atoms with van der Waals surface area (Å²) < 4.78 is 0. The lowest BCUT2D eigenvalue weighted by atomic mass is 9.96. The summed E-state index contributed by atoms with van der Waals surface area (Å²) in [7, 11) is 1.80. The maximum atomic E-state index is 4.17. The van der Waals surface area contributed by atoms with Crippen molar-refractivity contribution in [2.24, 2.45) is 13.0 Å². The van der Waals surface area contributed by atoms with E-state index in [2.05, 4.69) is 20.7 Å². The summed E-state index contributed by atoms with van der Waals surface area (Å²) in [5.74, 6) is 1.56. The number of aromatic nitrogens is 4. The molecule has 0 saturated carbocycles. The van der Waals surface area contributed by atoms with Gasteiger partial charge in [0, 0.05) is 6.42 Å². The standard InChI is InChI=1S/C8H15N5/c1-13-11-8(10-12-13)5-7-3-2-4-9-6-7/h7,9H,2-6H2,1H3. The molecular formula is C8H15N5. The van der Waals surface area contributed by atoms with Crippen LogP contribution in [0.4, 0.5) is 0 Å². The second-order valence-electron chi connectivity index (χ2n) is 3.61. The van der Waals surface area contributed by atoms with Crippen molar-refractivity contribution in [2.45, 2.75) is 19.3 Å². The Morgan fingerprint density at radius 3 is 3.15 bits per heavy atom. The molecule has 0 bridgehead atoms. The molecule has 1 aromatic heterocycles. The first-order chi connectivity index (χ1) is 6.34. The first-order valence-electron chi connectivity index (χ1n) is 4.78. The highest BCUT2D eigenvalue weighted by Gasteiger charge is 2.15. The van der Waals surface area contributed by atoms with Crippen LogP contribution < -0.4 is 5.32 Å². The van der Waals surface area contributed by atoms with Crippen LogP contribution >= 0.6 is 0 Å². The lowest BCUT2D eigenvalue weighted by Gasteiger charge is -2.20. The molecule has 1 aromatic rings. The molecule has 0 aromatic carbocycles. The van der Waals surface area contributed by atoms with Crippen molar-refractivity contribution < 1.29 is 0 Å². The number of piperidine rings is 1. The predicted octanol–water partition coefficient (Wildman–Crippen LogP) is -0.248. The van der Waals surface area contributed by atoms with Crippen molar-refractivity contribution in [3.63, 3.8) is 0 Å². The number of nitrogens with one attached hydrogen (secondary N) is 1. The van der Waals surface area contributed by atoms with Gasteiger partial charge < -0.3 is 5.32 Å². The maximum Gasteiger partial charge on any atom is 0.175 e. The fourth-order valence-electron chi connectivity index (χ4n) is 1.76. The van der Waals surface area contributed by atoms with Gasteiger partial charge in [-0.3, -0.25) is 0 Å². The van der Waals surface area contributed by atoms with Crippen molar-refractivity contribution in [2.75, 3.05) is 13.1 Å². The van der Waals surface area contributed by atoms with E-state index in [0.717, 1.165) is 25.3 Å². The summed E-state index contributed by atoms with van der Waals surface area (Å²) >= 11 is 0. The molecule has 1 aliphatic rings. The van der Waals surface area contributed by atoms with Crippen LogP contribution in [-0.4, -0.2) is 33.3 Å². The Hall–Kier alpha value is -0.970. The SMILES string of the molecule is Cn1nnc(CC2CCCNC2)n1. The molecule has 1 unspecified atom stereocenters. The van der Waals surface area contributed by atoms with Gasteiger partial charge in [-0.05, 0) is 37.1 Å². The maximum absolute atomic E-state index is 4.17. The summed E-state index contributed by atoms with van der Waals surface area (Å²) in [5.41, 5.74) is 0. The highest BCUT2D eigenvalue weighted by Crippen LogP contribution is 2.13. The Morgan fingerprint density at radius 1 is 1.62 bits per heavy atom. The molecule has 2 rings (SSSR count). The van der Waals surface area contributed by atoms with E-state index in [9.17, 15) is 0 Å². The van der Waals surface area contributed by atoms with E-state index in [1.165, 1.54) is 17.6 Å². The second-order valence-corrected chi connectivity index (χ2v) is 3.61. The molecular weight excluding hydrogens is 166 g/mol. The van der Waals surface area contributed by atoms with Crippen molar-refractivity contribution in [1.82, 2.24) is 25.5 Å². The summed E-state index contributed by atoms with van der Waals surface area (Å²) in [5, 5.41) is 15.4. The Labute approximate surface area is 77.5 Å². The van der Waals surface area contributed by atoms with Gasteiger partial charge in [0.15, 0.2) is 5.82 Å². The smallest absolute Gasteiger partial charge is 0.175 e. The van der Waals surface area contributed by atoms with E-state index in [-0.39, 0.29) is 0 Å². The summed E-state index contributed by atoms with van der Waals surface area (Å²) in [6.07, 6.45) is 3.51. The Kier molecular flexibility index (Phi) is 2.54. The molecule has 1 N–H and O–H groups in total. The topological polar surface area (TPSA) is 55.6 Å². The number of hydrogen-bond donors (Lipinski definition) is 1. The highest BCUT2D eigenvalue weighted by molar-refractivity contribution is 4.83. The largest absolute Gasteiger partial charge is 0.316 e. The third-order valence-corrected chi connectivity index (χ3v) is 2.42. The minimum Gasteiger partial charge on any atom is -0.316 e. The third kappa shape index (κ3) is 2.24. The van der Waals surface area contributed by atoms with Crippen LogP contribution in [0, 0.1) is 5.92 Å². The minimum absolute atomic E-state index is 0.693. The zero-order valence-electron chi connectivity index (χ0n) is 7.90. The molecule has 13 heavy (non-hydrogen) atoms. The van der Waals surface area contributed by atoms with E-state index in [1.807, 2.05) is 0 Å². The number of hydrogen-bond acceptors (Lipinski definition) is 4. The van der Waals surface area contributed by atoms with Gasteiger partial charge in [-0.25, -0.2) is 0 Å². The average molecular weight is 181 g/mol. The number of tetrazole rings is 1. The lowest BCUT2D eigenvalue weighted by Crippen LogP contribution is -2.31. The predicted molar refractivity (Wildman–Crippen MR) is 48.1 cm³/mol. The van der Waals surface area contributed by atoms with Crippen molar-refractivity contribution >= 4 is 0 Å². The van der Waals surface area contributed by atoms with Crippen molar-refractivity contribution in [3.8, 4) is 0 Å². The quantitative estimate of drug-likeness (QED) is 0.683. The van der Waals surface area contributed by atoms with Crippen LogP contribution in [-0.2, 0) is 13.5 Å². The van der Waals surface area contributed by atoms with Crippen molar-refractivity contribution in [3.05, 3.63) is 5.82 Å². The first kappa shape index (κ1) is 8.62. The van der Waals surface area contributed by atoms with E-state index in [4.69, 9.17) is 0 Å². The zero-order valence-corrected chi connectivity index (χ0v) is 7.90. The summed E-state index contributed by atoms with van der Waals surface area (Å²) in [4.78, 5) is 1.52. The summed E-state index contributed by atoms with van der Waals surface area (Å²) in [6.45, 7) is 2.25. The van der Waals surface area contributed by atoms with Gasteiger partial charge in [-0.1, -0.05) is 0 Å². The fourth-order valence-corrected chi connectivity index (χ4v) is 1.76. The van der Waals surface area contributed by atoms with E-state index in [0.29, 0.717) is 5.92 Å². The van der Waals surface area contributed by atoms with Gasteiger partial charge in [-0.2, -0.15) is 4.80 Å². The van der Waals surface area contributed by atoms with E-state index in [1.54, 1.807) is 7.05 Å². The van der Waals surface area contributed by atoms with Crippen LogP contribution in [0.3, 0.4) is 0 Å². The molecule has 2 heterocycles. The van der Waals surface area contributed by atoms with Crippen LogP contribution in [0.5, 0.6) is 0 Å². The van der Waals surface area contributed by atoms with Gasteiger partial charge in [0.2, 0.25) is 0 Å². The molecule has 1 atom stereocenters. The van der Waals surface area contributed by atoms with E-state index < -0.39 is 0 Å². The molecule has 0 radical (unpaired) electrons. The first-order valence-corrected chi connectivity index (χ1v) is 4.78. The van der Waals surface area contributed by atoms with Crippen LogP contribution in [0.15, 0.2) is 0 Å². The average Bonchev–Trinajstić information content (AvgIpc) is 2.53. The molecule has 0 spiro atoms.